The molecule has 276 valence electrons. The Balaban J connectivity index is 0.970. The van der Waals surface area contributed by atoms with E-state index in [4.69, 9.17) is 14.4 Å². The summed E-state index contributed by atoms with van der Waals surface area (Å²) >= 11 is 0. The van der Waals surface area contributed by atoms with Crippen molar-refractivity contribution < 1.29 is 4.42 Å². The zero-order valence-corrected chi connectivity index (χ0v) is 32.2. The highest BCUT2D eigenvalue weighted by Crippen LogP contribution is 2.42. The minimum Gasteiger partial charge on any atom is -0.455 e. The van der Waals surface area contributed by atoms with Crippen molar-refractivity contribution in [1.82, 2.24) is 9.97 Å². The average molecular weight is 753 g/mol. The first kappa shape index (κ1) is 33.5. The second-order valence-electron chi connectivity index (χ2n) is 15.5. The molecule has 3 heterocycles. The zero-order valence-electron chi connectivity index (χ0n) is 32.2. The van der Waals surface area contributed by atoms with E-state index in [2.05, 4.69) is 182 Å². The summed E-state index contributed by atoms with van der Waals surface area (Å²) in [6.45, 7) is 0. The highest BCUT2D eigenvalue weighted by atomic mass is 16.3. The Morgan fingerprint density at radius 2 is 1.19 bits per heavy atom. The summed E-state index contributed by atoms with van der Waals surface area (Å²) in [5.74, 6) is 0. The van der Waals surface area contributed by atoms with Gasteiger partial charge in [-0.1, -0.05) is 164 Å². The molecule has 0 aliphatic heterocycles. The van der Waals surface area contributed by atoms with Crippen LogP contribution in [0.3, 0.4) is 0 Å². The van der Waals surface area contributed by atoms with Gasteiger partial charge in [-0.15, -0.1) is 0 Å². The number of nitrogens with zero attached hydrogens (tertiary/aromatic N) is 2. The van der Waals surface area contributed by atoms with Crippen LogP contribution in [-0.4, -0.2) is 9.97 Å². The van der Waals surface area contributed by atoms with Crippen molar-refractivity contribution >= 4 is 83.0 Å². The molecule has 1 aliphatic carbocycles. The lowest BCUT2D eigenvalue weighted by Gasteiger charge is -2.16. The standard InChI is InChI=1S/C56H36N2O/c1-2-12-37(13-3-1)50-33-28-38-27-26-36-25-24-35(14-11-21-43(36)54(38)57-50)41-29-30-42(45-18-5-4-17-44(41)45)39-15-10-16-40(34-39)55-49-32-31-47-46-19-7-9-23-52(46)59-56(47)53(49)48-20-6-8-22-51(48)58-55/h1-10,12-13,15-34H,11,14H2/b35-24?,36-25?,43-21+. The van der Waals surface area contributed by atoms with Gasteiger partial charge in [0.25, 0.3) is 0 Å². The van der Waals surface area contributed by atoms with Gasteiger partial charge in [-0.05, 0) is 81.4 Å². The number of furan rings is 1. The monoisotopic (exact) mass is 752 g/mol. The Morgan fingerprint density at radius 3 is 2.08 bits per heavy atom. The van der Waals surface area contributed by atoms with Crippen molar-refractivity contribution in [3.05, 3.63) is 198 Å². The van der Waals surface area contributed by atoms with E-state index in [1.807, 2.05) is 12.1 Å². The van der Waals surface area contributed by atoms with Crippen LogP contribution >= 0.6 is 0 Å². The second-order valence-corrected chi connectivity index (χ2v) is 15.5. The molecule has 3 heteroatoms. The third kappa shape index (κ3) is 5.50. The largest absolute Gasteiger partial charge is 0.455 e. The Kier molecular flexibility index (Phi) is 7.67. The van der Waals surface area contributed by atoms with E-state index in [1.165, 1.54) is 37.9 Å². The SMILES string of the molecule is C1=C(c2ccc(-c3cccc(-c4nc5ccccc5c5c4ccc4c6ccccc6oc45)c3)c3ccccc23)CC/C=c2\c(ccc3ccc(-c4ccccc4)nc23)=C1. The number of rotatable bonds is 4. The molecule has 3 nitrogen and oxygen atoms in total. The zero-order chi connectivity index (χ0) is 38.9. The summed E-state index contributed by atoms with van der Waals surface area (Å²) in [6.07, 6.45) is 8.85. The lowest BCUT2D eigenvalue weighted by atomic mass is 9.89. The third-order valence-electron chi connectivity index (χ3n) is 12.2. The molecule has 0 fully saturated rings. The van der Waals surface area contributed by atoms with Crippen molar-refractivity contribution in [1.29, 1.82) is 0 Å². The summed E-state index contributed by atoms with van der Waals surface area (Å²) in [5, 5.41) is 11.6. The molecule has 0 N–H and O–H groups in total. The van der Waals surface area contributed by atoms with Gasteiger partial charge in [-0.3, -0.25) is 0 Å². The Labute approximate surface area is 340 Å². The molecule has 3 aromatic heterocycles. The Hall–Kier alpha value is -7.62. The predicted octanol–water partition coefficient (Wildman–Crippen LogP) is 13.4. The Bertz CT molecular complexity index is 3670. The molecule has 12 rings (SSSR count). The van der Waals surface area contributed by atoms with Gasteiger partial charge in [0.05, 0.1) is 22.4 Å². The lowest BCUT2D eigenvalue weighted by Crippen LogP contribution is -2.26. The fraction of sp³-hybridized carbons (Fsp3) is 0.0357. The van der Waals surface area contributed by atoms with E-state index in [0.29, 0.717) is 0 Å². The summed E-state index contributed by atoms with van der Waals surface area (Å²) in [6, 6.07) is 62.7. The molecule has 1 aliphatic rings. The highest BCUT2D eigenvalue weighted by molar-refractivity contribution is 6.24. The number of benzene rings is 8. The van der Waals surface area contributed by atoms with Gasteiger partial charge >= 0.3 is 0 Å². The first-order chi connectivity index (χ1) is 29.2. The molecule has 11 aromatic rings. The van der Waals surface area contributed by atoms with Gasteiger partial charge in [-0.25, -0.2) is 9.97 Å². The van der Waals surface area contributed by atoms with Crippen molar-refractivity contribution in [2.24, 2.45) is 0 Å². The lowest BCUT2D eigenvalue weighted by molar-refractivity contribution is 0.673. The quantitative estimate of drug-likeness (QED) is 0.168. The molecular weight excluding hydrogens is 717 g/mol. The average Bonchev–Trinajstić information content (AvgIpc) is 3.68. The minimum absolute atomic E-state index is 0.898. The number of hydrogen-bond donors (Lipinski definition) is 0. The van der Waals surface area contributed by atoms with Gasteiger partial charge in [0, 0.05) is 48.7 Å². The third-order valence-corrected chi connectivity index (χ3v) is 12.2. The Morgan fingerprint density at radius 1 is 0.475 bits per heavy atom. The van der Waals surface area contributed by atoms with Gasteiger partial charge in [-0.2, -0.15) is 0 Å². The fourth-order valence-electron chi connectivity index (χ4n) is 9.33. The van der Waals surface area contributed by atoms with E-state index < -0.39 is 0 Å². The molecule has 0 atom stereocenters. The molecule has 0 unspecified atom stereocenters. The summed E-state index contributed by atoms with van der Waals surface area (Å²) < 4.78 is 6.60. The second kappa shape index (κ2) is 13.5. The smallest absolute Gasteiger partial charge is 0.144 e. The molecule has 0 saturated carbocycles. The van der Waals surface area contributed by atoms with E-state index in [-0.39, 0.29) is 0 Å². The highest BCUT2D eigenvalue weighted by Gasteiger charge is 2.18. The van der Waals surface area contributed by atoms with Crippen LogP contribution in [0.5, 0.6) is 0 Å². The first-order valence-electron chi connectivity index (χ1n) is 20.4. The van der Waals surface area contributed by atoms with Crippen LogP contribution in [-0.2, 0) is 0 Å². The maximum atomic E-state index is 6.60. The van der Waals surface area contributed by atoms with Gasteiger partial charge in [0.1, 0.15) is 11.2 Å². The van der Waals surface area contributed by atoms with E-state index >= 15 is 0 Å². The predicted molar refractivity (Wildman–Crippen MR) is 247 cm³/mol. The van der Waals surface area contributed by atoms with Gasteiger partial charge in [0.2, 0.25) is 0 Å². The number of pyridine rings is 2. The molecule has 0 bridgehead atoms. The first-order valence-corrected chi connectivity index (χ1v) is 20.4. The van der Waals surface area contributed by atoms with E-state index in [0.717, 1.165) is 95.4 Å². The topological polar surface area (TPSA) is 38.9 Å². The fourth-order valence-corrected chi connectivity index (χ4v) is 9.33. The van der Waals surface area contributed by atoms with Crippen LogP contribution in [0.4, 0.5) is 0 Å². The molecule has 0 saturated heterocycles. The van der Waals surface area contributed by atoms with Crippen molar-refractivity contribution in [3.8, 4) is 33.6 Å². The van der Waals surface area contributed by atoms with Crippen molar-refractivity contribution in [3.63, 3.8) is 0 Å². The molecule has 0 amide bonds. The van der Waals surface area contributed by atoms with Gasteiger partial charge < -0.3 is 4.42 Å². The molecule has 59 heavy (non-hydrogen) atoms. The molecule has 0 spiro atoms. The normalized spacial score (nSPS) is 13.6. The van der Waals surface area contributed by atoms with Crippen LogP contribution in [0.15, 0.2) is 186 Å². The summed E-state index contributed by atoms with van der Waals surface area (Å²) in [5.41, 5.74) is 13.0. The van der Waals surface area contributed by atoms with Crippen LogP contribution in [0.25, 0.3) is 117 Å². The number of para-hydroxylation sites is 2. The van der Waals surface area contributed by atoms with Crippen molar-refractivity contribution in [2.45, 2.75) is 12.8 Å². The maximum Gasteiger partial charge on any atom is 0.144 e. The van der Waals surface area contributed by atoms with E-state index in [9.17, 15) is 0 Å². The maximum absolute atomic E-state index is 6.60. The van der Waals surface area contributed by atoms with E-state index in [1.54, 1.807) is 0 Å². The molecule has 0 radical (unpaired) electrons. The number of fused-ring (bicyclic) bond motifs is 11. The minimum atomic E-state index is 0.898. The number of hydrogen-bond acceptors (Lipinski definition) is 3. The summed E-state index contributed by atoms with van der Waals surface area (Å²) in [7, 11) is 0. The van der Waals surface area contributed by atoms with Crippen LogP contribution in [0.1, 0.15) is 18.4 Å². The van der Waals surface area contributed by atoms with Crippen LogP contribution in [0.2, 0.25) is 0 Å². The number of allylic oxidation sites excluding steroid dienone is 2. The van der Waals surface area contributed by atoms with Crippen molar-refractivity contribution in [2.75, 3.05) is 0 Å². The van der Waals surface area contributed by atoms with Gasteiger partial charge in [0.15, 0.2) is 0 Å². The number of aromatic nitrogens is 2. The molecular formula is C56H36N2O. The summed E-state index contributed by atoms with van der Waals surface area (Å²) in [4.78, 5) is 10.5. The van der Waals surface area contributed by atoms with Crippen LogP contribution in [0, 0.1) is 0 Å². The van der Waals surface area contributed by atoms with Crippen LogP contribution < -0.4 is 10.4 Å². The molecule has 8 aromatic carbocycles.